The van der Waals surface area contributed by atoms with Gasteiger partial charge in [0.05, 0.1) is 0 Å². The molecule has 16 heavy (non-hydrogen) atoms. The first kappa shape index (κ1) is 10.9. The van der Waals surface area contributed by atoms with Gasteiger partial charge in [-0.1, -0.05) is 6.92 Å². The maximum absolute atomic E-state index is 10.6. The van der Waals surface area contributed by atoms with Crippen molar-refractivity contribution in [2.75, 3.05) is 6.61 Å². The second-order valence-electron chi connectivity index (χ2n) is 4.19. The molecule has 0 spiro atoms. The number of nitrogens with zero attached hydrogens (tertiary/aromatic N) is 1. The molecular formula is C13H15NO2. The third-order valence-corrected chi connectivity index (χ3v) is 2.75. The van der Waals surface area contributed by atoms with Gasteiger partial charge in [-0.15, -0.1) is 0 Å². The average Bonchev–Trinajstić information content (AvgIpc) is 2.71. The van der Waals surface area contributed by atoms with Crippen molar-refractivity contribution in [1.82, 2.24) is 4.57 Å². The zero-order chi connectivity index (χ0) is 11.5. The molecule has 1 N–H and O–H groups in total. The lowest BCUT2D eigenvalue weighted by atomic mass is 10.1. The normalized spacial score (nSPS) is 12.9. The predicted octanol–water partition coefficient (Wildman–Crippen LogP) is 2.08. The summed E-state index contributed by atoms with van der Waals surface area (Å²) in [6.45, 7) is 2.98. The fraction of sp³-hybridized carbons (Fsp3) is 0.308. The Hall–Kier alpha value is -1.61. The number of aliphatic hydroxyl groups is 1. The Morgan fingerprint density at radius 2 is 2.25 bits per heavy atom. The van der Waals surface area contributed by atoms with Gasteiger partial charge in [-0.25, -0.2) is 0 Å². The van der Waals surface area contributed by atoms with Crippen LogP contribution in [0.25, 0.3) is 10.9 Å². The number of hydrogen-bond acceptors (Lipinski definition) is 2. The van der Waals surface area contributed by atoms with Crippen LogP contribution in [0, 0.1) is 5.92 Å². The predicted molar refractivity (Wildman–Crippen MR) is 63.6 cm³/mol. The van der Waals surface area contributed by atoms with Crippen LogP contribution in [0.1, 0.15) is 17.3 Å². The molecule has 0 saturated heterocycles. The van der Waals surface area contributed by atoms with Crippen LogP contribution in [0.2, 0.25) is 0 Å². The Labute approximate surface area is 94.3 Å². The Balaban J connectivity index is 2.37. The fourth-order valence-corrected chi connectivity index (χ4v) is 1.84. The molecule has 0 aliphatic carbocycles. The Morgan fingerprint density at radius 1 is 1.44 bits per heavy atom. The van der Waals surface area contributed by atoms with Gasteiger partial charge in [0.15, 0.2) is 0 Å². The highest BCUT2D eigenvalue weighted by atomic mass is 16.3. The minimum absolute atomic E-state index is 0.187. The summed E-state index contributed by atoms with van der Waals surface area (Å²) in [5, 5.41) is 10.1. The topological polar surface area (TPSA) is 42.2 Å². The van der Waals surface area contributed by atoms with Gasteiger partial charge in [-0.2, -0.15) is 0 Å². The van der Waals surface area contributed by atoms with Crippen molar-refractivity contribution in [1.29, 1.82) is 0 Å². The summed E-state index contributed by atoms with van der Waals surface area (Å²) in [6, 6.07) is 7.63. The molecule has 1 heterocycles. The number of benzene rings is 1. The molecule has 0 aliphatic heterocycles. The lowest BCUT2D eigenvalue weighted by Gasteiger charge is -2.10. The Bertz CT molecular complexity index is 502. The van der Waals surface area contributed by atoms with Crippen LogP contribution < -0.4 is 0 Å². The molecule has 1 aromatic heterocycles. The van der Waals surface area contributed by atoms with Gasteiger partial charge in [-0.05, 0) is 30.2 Å². The number of rotatable bonds is 4. The number of aromatic nitrogens is 1. The summed E-state index contributed by atoms with van der Waals surface area (Å²) >= 11 is 0. The van der Waals surface area contributed by atoms with E-state index in [0.717, 1.165) is 23.7 Å². The van der Waals surface area contributed by atoms with Gasteiger partial charge in [0.25, 0.3) is 0 Å². The van der Waals surface area contributed by atoms with Crippen LogP contribution in [0.4, 0.5) is 0 Å². The molecular weight excluding hydrogens is 202 g/mol. The highest BCUT2D eigenvalue weighted by Crippen LogP contribution is 2.18. The molecule has 0 radical (unpaired) electrons. The SMILES string of the molecule is CC(CO)Cn1ccc2cc(C=O)ccc21. The molecule has 1 aromatic carbocycles. The van der Waals surface area contributed by atoms with Crippen molar-refractivity contribution in [2.24, 2.45) is 5.92 Å². The summed E-state index contributed by atoms with van der Waals surface area (Å²) in [5.74, 6) is 0.237. The van der Waals surface area contributed by atoms with Crippen molar-refractivity contribution >= 4 is 17.2 Å². The number of carbonyl (C=O) groups is 1. The molecule has 84 valence electrons. The molecule has 1 unspecified atom stereocenters. The first-order valence-electron chi connectivity index (χ1n) is 5.39. The molecule has 2 rings (SSSR count). The molecule has 0 aliphatic rings. The van der Waals surface area contributed by atoms with E-state index in [1.54, 1.807) is 0 Å². The summed E-state index contributed by atoms with van der Waals surface area (Å²) in [7, 11) is 0. The Morgan fingerprint density at radius 3 is 2.94 bits per heavy atom. The van der Waals surface area contributed by atoms with Crippen LogP contribution in [0.15, 0.2) is 30.5 Å². The van der Waals surface area contributed by atoms with Gasteiger partial charge in [0.1, 0.15) is 6.29 Å². The monoisotopic (exact) mass is 217 g/mol. The quantitative estimate of drug-likeness (QED) is 0.797. The summed E-state index contributed by atoms with van der Waals surface area (Å²) in [6.07, 6.45) is 2.85. The molecule has 1 atom stereocenters. The summed E-state index contributed by atoms with van der Waals surface area (Å²) in [5.41, 5.74) is 1.80. The van der Waals surface area contributed by atoms with Crippen molar-refractivity contribution in [3.05, 3.63) is 36.0 Å². The second-order valence-corrected chi connectivity index (χ2v) is 4.19. The van der Waals surface area contributed by atoms with Crippen LogP contribution in [0.5, 0.6) is 0 Å². The van der Waals surface area contributed by atoms with E-state index < -0.39 is 0 Å². The van der Waals surface area contributed by atoms with E-state index in [1.165, 1.54) is 0 Å². The summed E-state index contributed by atoms with van der Waals surface area (Å²) < 4.78 is 2.10. The molecule has 0 amide bonds. The number of carbonyl (C=O) groups excluding carboxylic acids is 1. The number of aldehydes is 1. The molecule has 0 bridgehead atoms. The number of hydrogen-bond donors (Lipinski definition) is 1. The van der Waals surface area contributed by atoms with Crippen molar-refractivity contribution in [3.63, 3.8) is 0 Å². The molecule has 2 aromatic rings. The van der Waals surface area contributed by atoms with Crippen molar-refractivity contribution in [3.8, 4) is 0 Å². The highest BCUT2D eigenvalue weighted by Gasteiger charge is 2.05. The Kier molecular flexibility index (Phi) is 3.06. The summed E-state index contributed by atoms with van der Waals surface area (Å²) in [4.78, 5) is 10.6. The maximum atomic E-state index is 10.6. The van der Waals surface area contributed by atoms with E-state index in [9.17, 15) is 4.79 Å². The van der Waals surface area contributed by atoms with Crippen LogP contribution in [0.3, 0.4) is 0 Å². The average molecular weight is 217 g/mol. The first-order valence-corrected chi connectivity index (χ1v) is 5.39. The van der Waals surface area contributed by atoms with E-state index in [0.29, 0.717) is 5.56 Å². The molecule has 3 nitrogen and oxygen atoms in total. The second kappa shape index (κ2) is 4.49. The smallest absolute Gasteiger partial charge is 0.150 e. The lowest BCUT2D eigenvalue weighted by molar-refractivity contribution is 0.112. The lowest BCUT2D eigenvalue weighted by Crippen LogP contribution is -2.09. The van der Waals surface area contributed by atoms with Crippen LogP contribution in [-0.2, 0) is 6.54 Å². The fourth-order valence-electron chi connectivity index (χ4n) is 1.84. The van der Waals surface area contributed by atoms with E-state index in [4.69, 9.17) is 5.11 Å². The van der Waals surface area contributed by atoms with E-state index >= 15 is 0 Å². The van der Waals surface area contributed by atoms with Crippen LogP contribution >= 0.6 is 0 Å². The van der Waals surface area contributed by atoms with Crippen LogP contribution in [-0.4, -0.2) is 22.6 Å². The maximum Gasteiger partial charge on any atom is 0.150 e. The molecule has 0 saturated carbocycles. The van der Waals surface area contributed by atoms with Crippen molar-refractivity contribution in [2.45, 2.75) is 13.5 Å². The van der Waals surface area contributed by atoms with E-state index in [-0.39, 0.29) is 12.5 Å². The van der Waals surface area contributed by atoms with Gasteiger partial charge < -0.3 is 9.67 Å². The zero-order valence-electron chi connectivity index (χ0n) is 9.26. The molecule has 3 heteroatoms. The number of fused-ring (bicyclic) bond motifs is 1. The van der Waals surface area contributed by atoms with Gasteiger partial charge in [0, 0.05) is 35.8 Å². The van der Waals surface area contributed by atoms with Crippen molar-refractivity contribution < 1.29 is 9.90 Å². The molecule has 0 fully saturated rings. The standard InChI is InChI=1S/C13H15NO2/c1-10(8-15)7-14-5-4-12-6-11(9-16)2-3-13(12)14/h2-6,9-10,15H,7-8H2,1H3. The van der Waals surface area contributed by atoms with Gasteiger partial charge in [0.2, 0.25) is 0 Å². The largest absolute Gasteiger partial charge is 0.396 e. The van der Waals surface area contributed by atoms with E-state index in [1.807, 2.05) is 37.4 Å². The number of aliphatic hydroxyl groups excluding tert-OH is 1. The highest BCUT2D eigenvalue weighted by molar-refractivity contribution is 5.87. The third-order valence-electron chi connectivity index (χ3n) is 2.75. The van der Waals surface area contributed by atoms with E-state index in [2.05, 4.69) is 4.57 Å². The minimum Gasteiger partial charge on any atom is -0.396 e. The van der Waals surface area contributed by atoms with Gasteiger partial charge in [-0.3, -0.25) is 4.79 Å². The zero-order valence-corrected chi connectivity index (χ0v) is 9.26. The van der Waals surface area contributed by atoms with Gasteiger partial charge >= 0.3 is 0 Å². The minimum atomic E-state index is 0.187. The first-order chi connectivity index (χ1) is 7.74. The third kappa shape index (κ3) is 1.99.